The third-order valence-corrected chi connectivity index (χ3v) is 2.77. The number of pyridine rings is 1. The normalized spacial score (nSPS) is 20.9. The van der Waals surface area contributed by atoms with E-state index >= 15 is 0 Å². The zero-order valence-electron chi connectivity index (χ0n) is 8.16. The van der Waals surface area contributed by atoms with Crippen molar-refractivity contribution in [1.82, 2.24) is 10.3 Å². The maximum absolute atomic E-state index is 11.0. The Balaban J connectivity index is 1.94. The van der Waals surface area contributed by atoms with Gasteiger partial charge in [0.15, 0.2) is 0 Å². The Morgan fingerprint density at radius 2 is 2.40 bits per heavy atom. The largest absolute Gasteiger partial charge is 0.379 e. The molecule has 1 amide bonds. The number of piperidine rings is 1. The van der Waals surface area contributed by atoms with Crippen molar-refractivity contribution in [3.8, 4) is 0 Å². The number of hydrogen-bond donors (Lipinski definition) is 2. The minimum atomic E-state index is 0.139. The first-order chi connectivity index (χ1) is 7.24. The van der Waals surface area contributed by atoms with Crippen LogP contribution in [-0.2, 0) is 4.79 Å². The lowest BCUT2D eigenvalue weighted by atomic mass is 10.1. The quantitative estimate of drug-likeness (QED) is 0.857. The number of carbonyl (C=O) groups excluding carboxylic acids is 1. The van der Waals surface area contributed by atoms with Crippen LogP contribution in [0.2, 0.25) is 0 Å². The molecule has 0 radical (unpaired) electrons. The van der Waals surface area contributed by atoms with Crippen LogP contribution in [0.15, 0.2) is 22.9 Å². The molecule has 1 unspecified atom stereocenters. The number of rotatable bonds is 2. The van der Waals surface area contributed by atoms with Gasteiger partial charge in [-0.25, -0.2) is 0 Å². The summed E-state index contributed by atoms with van der Waals surface area (Å²) in [6.45, 7) is 0.686. The molecule has 5 heteroatoms. The number of nitrogens with one attached hydrogen (secondary N) is 2. The Hall–Kier alpha value is -1.10. The highest BCUT2D eigenvalue weighted by molar-refractivity contribution is 9.10. The molecule has 0 aromatic carbocycles. The van der Waals surface area contributed by atoms with Crippen molar-refractivity contribution in [3.05, 3.63) is 22.9 Å². The van der Waals surface area contributed by atoms with Crippen LogP contribution >= 0.6 is 15.9 Å². The highest BCUT2D eigenvalue weighted by Crippen LogP contribution is 2.16. The molecular formula is C10H12BrN3O. The van der Waals surface area contributed by atoms with Crippen molar-refractivity contribution in [2.75, 3.05) is 11.9 Å². The second kappa shape index (κ2) is 4.61. The molecule has 0 saturated carbocycles. The maximum Gasteiger partial charge on any atom is 0.220 e. The first kappa shape index (κ1) is 10.4. The highest BCUT2D eigenvalue weighted by Gasteiger charge is 2.17. The average Bonchev–Trinajstić information content (AvgIpc) is 2.22. The Morgan fingerprint density at radius 1 is 1.53 bits per heavy atom. The van der Waals surface area contributed by atoms with E-state index in [0.717, 1.165) is 16.6 Å². The van der Waals surface area contributed by atoms with Crippen LogP contribution in [0.25, 0.3) is 0 Å². The minimum absolute atomic E-state index is 0.139. The van der Waals surface area contributed by atoms with E-state index in [1.54, 1.807) is 12.4 Å². The van der Waals surface area contributed by atoms with Gasteiger partial charge in [-0.3, -0.25) is 9.78 Å². The lowest BCUT2D eigenvalue weighted by molar-refractivity contribution is -0.122. The summed E-state index contributed by atoms with van der Waals surface area (Å²) in [6.07, 6.45) is 4.99. The number of hydrogen-bond acceptors (Lipinski definition) is 3. The van der Waals surface area contributed by atoms with Crippen molar-refractivity contribution in [2.24, 2.45) is 0 Å². The van der Waals surface area contributed by atoms with Gasteiger partial charge in [-0.1, -0.05) is 0 Å². The average molecular weight is 270 g/mol. The lowest BCUT2D eigenvalue weighted by Gasteiger charge is -2.24. The predicted octanol–water partition coefficient (Wildman–Crippen LogP) is 1.53. The summed E-state index contributed by atoms with van der Waals surface area (Å²) in [6, 6.07) is 2.28. The molecule has 1 saturated heterocycles. The van der Waals surface area contributed by atoms with E-state index in [9.17, 15) is 4.79 Å². The van der Waals surface area contributed by atoms with E-state index in [4.69, 9.17) is 0 Å². The molecule has 1 fully saturated rings. The van der Waals surface area contributed by atoms with Crippen molar-refractivity contribution in [2.45, 2.75) is 18.9 Å². The fourth-order valence-corrected chi connectivity index (χ4v) is 1.95. The second-order valence-corrected chi connectivity index (χ2v) is 4.49. The third-order valence-electron chi connectivity index (χ3n) is 2.34. The number of carbonyl (C=O) groups is 1. The van der Waals surface area contributed by atoms with Gasteiger partial charge >= 0.3 is 0 Å². The fourth-order valence-electron chi connectivity index (χ4n) is 1.58. The zero-order chi connectivity index (χ0) is 10.7. The number of nitrogens with zero attached hydrogens (tertiary/aromatic N) is 1. The van der Waals surface area contributed by atoms with E-state index in [-0.39, 0.29) is 5.91 Å². The molecule has 0 bridgehead atoms. The Morgan fingerprint density at radius 3 is 3.07 bits per heavy atom. The summed E-state index contributed by atoms with van der Waals surface area (Å²) < 4.78 is 0.951. The van der Waals surface area contributed by atoms with Crippen LogP contribution in [0.3, 0.4) is 0 Å². The van der Waals surface area contributed by atoms with Crippen molar-refractivity contribution >= 4 is 27.5 Å². The summed E-state index contributed by atoms with van der Waals surface area (Å²) >= 11 is 3.36. The van der Waals surface area contributed by atoms with Gasteiger partial charge in [-0.15, -0.1) is 0 Å². The Labute approximate surface area is 96.6 Å². The number of amides is 1. The molecule has 15 heavy (non-hydrogen) atoms. The van der Waals surface area contributed by atoms with E-state index in [2.05, 4.69) is 31.5 Å². The number of aromatic nitrogens is 1. The lowest BCUT2D eigenvalue weighted by Crippen LogP contribution is -2.41. The minimum Gasteiger partial charge on any atom is -0.379 e. The van der Waals surface area contributed by atoms with Gasteiger partial charge in [0.05, 0.1) is 11.9 Å². The van der Waals surface area contributed by atoms with Gasteiger partial charge in [-0.05, 0) is 28.4 Å². The monoisotopic (exact) mass is 269 g/mol. The third kappa shape index (κ3) is 2.92. The number of halogens is 1. The second-order valence-electron chi connectivity index (χ2n) is 3.58. The highest BCUT2D eigenvalue weighted by atomic mass is 79.9. The summed E-state index contributed by atoms with van der Waals surface area (Å²) in [5.74, 6) is 0.139. The van der Waals surface area contributed by atoms with Gasteiger partial charge in [0.1, 0.15) is 0 Å². The molecule has 1 aromatic heterocycles. The van der Waals surface area contributed by atoms with E-state index in [0.29, 0.717) is 19.0 Å². The summed E-state index contributed by atoms with van der Waals surface area (Å²) in [7, 11) is 0. The zero-order valence-corrected chi connectivity index (χ0v) is 9.75. The summed E-state index contributed by atoms with van der Waals surface area (Å²) in [5, 5.41) is 6.17. The molecule has 0 aliphatic carbocycles. The summed E-state index contributed by atoms with van der Waals surface area (Å²) in [4.78, 5) is 15.0. The van der Waals surface area contributed by atoms with Gasteiger partial charge < -0.3 is 10.6 Å². The summed E-state index contributed by atoms with van der Waals surface area (Å²) in [5.41, 5.74) is 0.977. The predicted molar refractivity (Wildman–Crippen MR) is 61.6 cm³/mol. The Bertz CT molecular complexity index is 359. The van der Waals surface area contributed by atoms with E-state index < -0.39 is 0 Å². The number of anilines is 1. The van der Waals surface area contributed by atoms with Crippen LogP contribution in [0.1, 0.15) is 12.8 Å². The van der Waals surface area contributed by atoms with E-state index in [1.807, 2.05) is 6.07 Å². The van der Waals surface area contributed by atoms with Crippen LogP contribution in [0, 0.1) is 0 Å². The van der Waals surface area contributed by atoms with Crippen LogP contribution < -0.4 is 10.6 Å². The fraction of sp³-hybridized carbons (Fsp3) is 0.400. The molecule has 80 valence electrons. The molecule has 2 rings (SSSR count). The van der Waals surface area contributed by atoms with Crippen LogP contribution in [0.5, 0.6) is 0 Å². The van der Waals surface area contributed by atoms with Gasteiger partial charge in [0, 0.05) is 29.7 Å². The molecule has 2 N–H and O–H groups in total. The molecule has 1 aliphatic rings. The molecule has 1 aromatic rings. The smallest absolute Gasteiger partial charge is 0.220 e. The van der Waals surface area contributed by atoms with Crippen LogP contribution in [0.4, 0.5) is 5.69 Å². The SMILES string of the molecule is O=C1CCC(Nc2cncc(Br)c2)CN1. The maximum atomic E-state index is 11.0. The van der Waals surface area contributed by atoms with Crippen molar-refractivity contribution in [3.63, 3.8) is 0 Å². The van der Waals surface area contributed by atoms with Crippen molar-refractivity contribution < 1.29 is 4.79 Å². The first-order valence-corrected chi connectivity index (χ1v) is 5.67. The first-order valence-electron chi connectivity index (χ1n) is 4.88. The standard InChI is InChI=1S/C10H12BrN3O/c11-7-3-9(5-12-4-7)14-8-1-2-10(15)13-6-8/h3-5,8,14H,1-2,6H2,(H,13,15). The van der Waals surface area contributed by atoms with Crippen molar-refractivity contribution in [1.29, 1.82) is 0 Å². The molecule has 1 aliphatic heterocycles. The molecule has 4 nitrogen and oxygen atoms in total. The van der Waals surface area contributed by atoms with Gasteiger partial charge in [0.25, 0.3) is 0 Å². The molecule has 2 heterocycles. The van der Waals surface area contributed by atoms with E-state index in [1.165, 1.54) is 0 Å². The Kier molecular flexibility index (Phi) is 3.20. The van der Waals surface area contributed by atoms with Crippen LogP contribution in [-0.4, -0.2) is 23.5 Å². The molecular weight excluding hydrogens is 258 g/mol. The molecule has 0 spiro atoms. The van der Waals surface area contributed by atoms with Gasteiger partial charge in [-0.2, -0.15) is 0 Å². The topological polar surface area (TPSA) is 54.0 Å². The van der Waals surface area contributed by atoms with Gasteiger partial charge in [0.2, 0.25) is 5.91 Å². The molecule has 1 atom stereocenters.